The van der Waals surface area contributed by atoms with Crippen molar-refractivity contribution in [1.29, 1.82) is 0 Å². The van der Waals surface area contributed by atoms with Crippen molar-refractivity contribution in [1.82, 2.24) is 14.9 Å². The summed E-state index contributed by atoms with van der Waals surface area (Å²) in [5.74, 6) is 3.13. The highest BCUT2D eigenvalue weighted by atomic mass is 15.2. The van der Waals surface area contributed by atoms with Gasteiger partial charge in [-0.1, -0.05) is 0 Å². The molecule has 18 heavy (non-hydrogen) atoms. The summed E-state index contributed by atoms with van der Waals surface area (Å²) in [5.41, 5.74) is 5.91. The highest BCUT2D eigenvalue weighted by Gasteiger charge is 2.28. The van der Waals surface area contributed by atoms with Crippen LogP contribution in [0.1, 0.15) is 31.0 Å². The molecular formula is C13H21N5. The first-order chi connectivity index (χ1) is 8.72. The van der Waals surface area contributed by atoms with Crippen LogP contribution in [0.15, 0.2) is 6.07 Å². The summed E-state index contributed by atoms with van der Waals surface area (Å²) in [5, 5.41) is 0. The van der Waals surface area contributed by atoms with Gasteiger partial charge in [-0.05, 0) is 32.9 Å². The van der Waals surface area contributed by atoms with Crippen molar-refractivity contribution in [2.24, 2.45) is 0 Å². The van der Waals surface area contributed by atoms with Gasteiger partial charge in [-0.2, -0.15) is 0 Å². The van der Waals surface area contributed by atoms with Crippen LogP contribution < -0.4 is 10.6 Å². The Balaban J connectivity index is 1.81. The van der Waals surface area contributed by atoms with Gasteiger partial charge < -0.3 is 15.5 Å². The van der Waals surface area contributed by atoms with Gasteiger partial charge in [0.05, 0.1) is 0 Å². The number of nitrogen functional groups attached to an aromatic ring is 1. The molecule has 2 N–H and O–H groups in total. The summed E-state index contributed by atoms with van der Waals surface area (Å²) in [6.07, 6.45) is 3.61. The largest absolute Gasteiger partial charge is 0.384 e. The smallest absolute Gasteiger partial charge is 0.136 e. The third-order valence-electron chi connectivity index (χ3n) is 3.74. The van der Waals surface area contributed by atoms with Gasteiger partial charge in [-0.3, -0.25) is 0 Å². The quantitative estimate of drug-likeness (QED) is 0.847. The summed E-state index contributed by atoms with van der Waals surface area (Å²) in [4.78, 5) is 13.8. The molecule has 0 unspecified atom stereocenters. The van der Waals surface area contributed by atoms with Crippen molar-refractivity contribution >= 4 is 11.6 Å². The third-order valence-corrected chi connectivity index (χ3v) is 3.74. The number of anilines is 2. The lowest BCUT2D eigenvalue weighted by molar-refractivity contribution is 0.360. The van der Waals surface area contributed by atoms with E-state index in [0.717, 1.165) is 37.8 Å². The fraction of sp³-hybridized carbons (Fsp3) is 0.692. The Morgan fingerprint density at radius 2 is 2.00 bits per heavy atom. The zero-order chi connectivity index (χ0) is 12.5. The second-order valence-electron chi connectivity index (χ2n) is 5.43. The summed E-state index contributed by atoms with van der Waals surface area (Å²) in [6, 6.07) is 1.91. The number of hydrogen-bond donors (Lipinski definition) is 1. The molecule has 2 aliphatic rings. The van der Waals surface area contributed by atoms with Crippen molar-refractivity contribution in [3.8, 4) is 0 Å². The Hall–Kier alpha value is -1.36. The van der Waals surface area contributed by atoms with Crippen LogP contribution in [0.3, 0.4) is 0 Å². The van der Waals surface area contributed by atoms with Crippen LogP contribution in [0.2, 0.25) is 0 Å². The molecule has 98 valence electrons. The Morgan fingerprint density at radius 1 is 1.17 bits per heavy atom. The van der Waals surface area contributed by atoms with E-state index in [4.69, 9.17) is 10.7 Å². The van der Waals surface area contributed by atoms with E-state index in [1.165, 1.54) is 19.3 Å². The van der Waals surface area contributed by atoms with E-state index in [2.05, 4.69) is 21.8 Å². The van der Waals surface area contributed by atoms with Gasteiger partial charge in [0.1, 0.15) is 17.5 Å². The van der Waals surface area contributed by atoms with Crippen LogP contribution in [0.25, 0.3) is 0 Å². The maximum Gasteiger partial charge on any atom is 0.136 e. The minimum absolute atomic E-state index is 0.557. The molecule has 1 aromatic heterocycles. The molecule has 5 nitrogen and oxygen atoms in total. The van der Waals surface area contributed by atoms with E-state index < -0.39 is 0 Å². The predicted octanol–water partition coefficient (Wildman–Crippen LogP) is 1.08. The van der Waals surface area contributed by atoms with Gasteiger partial charge in [-0.25, -0.2) is 9.97 Å². The third kappa shape index (κ3) is 2.56. The SMILES string of the molecule is CN1CCCN(c2cc(N)nc(C3CC3)n2)CC1. The van der Waals surface area contributed by atoms with E-state index in [9.17, 15) is 0 Å². The predicted molar refractivity (Wildman–Crippen MR) is 72.7 cm³/mol. The minimum Gasteiger partial charge on any atom is -0.384 e. The highest BCUT2D eigenvalue weighted by molar-refractivity contribution is 5.47. The van der Waals surface area contributed by atoms with Crippen LogP contribution in [-0.2, 0) is 0 Å². The Kier molecular flexibility index (Phi) is 3.07. The number of rotatable bonds is 2. The molecule has 1 aliphatic carbocycles. The molecule has 0 amide bonds. The van der Waals surface area contributed by atoms with Crippen molar-refractivity contribution in [3.05, 3.63) is 11.9 Å². The molecule has 1 saturated heterocycles. The van der Waals surface area contributed by atoms with E-state index in [0.29, 0.717) is 11.7 Å². The minimum atomic E-state index is 0.557. The maximum absolute atomic E-state index is 5.91. The van der Waals surface area contributed by atoms with Crippen molar-refractivity contribution in [2.75, 3.05) is 43.9 Å². The Bertz CT molecular complexity index is 429. The summed E-state index contributed by atoms with van der Waals surface area (Å²) in [7, 11) is 2.17. The summed E-state index contributed by atoms with van der Waals surface area (Å²) in [6.45, 7) is 4.33. The van der Waals surface area contributed by atoms with E-state index in [1.54, 1.807) is 0 Å². The standard InChI is InChI=1S/C13H21N5/c1-17-5-2-6-18(8-7-17)12-9-11(14)15-13(16-12)10-3-4-10/h9-10H,2-8H2,1H3,(H2,14,15,16). The summed E-state index contributed by atoms with van der Waals surface area (Å²) < 4.78 is 0. The van der Waals surface area contributed by atoms with Crippen LogP contribution >= 0.6 is 0 Å². The number of hydrogen-bond acceptors (Lipinski definition) is 5. The molecule has 0 aromatic carbocycles. The average Bonchev–Trinajstić information content (AvgIpc) is 3.15. The van der Waals surface area contributed by atoms with Gasteiger partial charge in [0.25, 0.3) is 0 Å². The average molecular weight is 247 g/mol. The fourth-order valence-electron chi connectivity index (χ4n) is 2.43. The maximum atomic E-state index is 5.91. The van der Waals surface area contributed by atoms with Gasteiger partial charge >= 0.3 is 0 Å². The molecule has 1 saturated carbocycles. The number of aromatic nitrogens is 2. The van der Waals surface area contributed by atoms with Gasteiger partial charge in [0.2, 0.25) is 0 Å². The molecule has 0 radical (unpaired) electrons. The fourth-order valence-corrected chi connectivity index (χ4v) is 2.43. The molecule has 2 fully saturated rings. The molecule has 0 atom stereocenters. The Labute approximate surface area is 108 Å². The zero-order valence-electron chi connectivity index (χ0n) is 11.0. The normalized spacial score (nSPS) is 21.9. The molecule has 1 aromatic rings. The van der Waals surface area contributed by atoms with Crippen molar-refractivity contribution in [2.45, 2.75) is 25.2 Å². The molecular weight excluding hydrogens is 226 g/mol. The number of nitrogens with two attached hydrogens (primary N) is 1. The topological polar surface area (TPSA) is 58.3 Å². The van der Waals surface area contributed by atoms with Crippen LogP contribution in [0, 0.1) is 0 Å². The lowest BCUT2D eigenvalue weighted by Gasteiger charge is -2.22. The molecule has 0 bridgehead atoms. The van der Waals surface area contributed by atoms with Gasteiger partial charge in [0, 0.05) is 31.6 Å². The van der Waals surface area contributed by atoms with Crippen LogP contribution in [-0.4, -0.2) is 48.1 Å². The first kappa shape index (κ1) is 11.7. The van der Waals surface area contributed by atoms with Crippen LogP contribution in [0.5, 0.6) is 0 Å². The molecule has 3 rings (SSSR count). The van der Waals surface area contributed by atoms with Crippen molar-refractivity contribution < 1.29 is 0 Å². The lowest BCUT2D eigenvalue weighted by Crippen LogP contribution is -2.29. The number of likely N-dealkylation sites (N-methyl/N-ethyl adjacent to an activating group) is 1. The molecule has 1 aliphatic heterocycles. The van der Waals surface area contributed by atoms with Gasteiger partial charge in [-0.15, -0.1) is 0 Å². The first-order valence-electron chi connectivity index (χ1n) is 6.80. The second-order valence-corrected chi connectivity index (χ2v) is 5.43. The molecule has 5 heteroatoms. The first-order valence-corrected chi connectivity index (χ1v) is 6.80. The van der Waals surface area contributed by atoms with Gasteiger partial charge in [0.15, 0.2) is 0 Å². The Morgan fingerprint density at radius 3 is 2.78 bits per heavy atom. The van der Waals surface area contributed by atoms with E-state index in [1.807, 2.05) is 6.07 Å². The lowest BCUT2D eigenvalue weighted by atomic mass is 10.3. The molecule has 2 heterocycles. The monoisotopic (exact) mass is 247 g/mol. The van der Waals surface area contributed by atoms with Crippen molar-refractivity contribution in [3.63, 3.8) is 0 Å². The number of nitrogens with zero attached hydrogens (tertiary/aromatic N) is 4. The second kappa shape index (κ2) is 4.72. The van der Waals surface area contributed by atoms with Crippen LogP contribution in [0.4, 0.5) is 11.6 Å². The van der Waals surface area contributed by atoms with E-state index in [-0.39, 0.29) is 0 Å². The summed E-state index contributed by atoms with van der Waals surface area (Å²) >= 11 is 0. The highest BCUT2D eigenvalue weighted by Crippen LogP contribution is 2.38. The zero-order valence-corrected chi connectivity index (χ0v) is 11.0. The molecule has 0 spiro atoms. The van der Waals surface area contributed by atoms with E-state index >= 15 is 0 Å².